The van der Waals surface area contributed by atoms with Gasteiger partial charge in [-0.25, -0.2) is 0 Å². The molecule has 0 saturated carbocycles. The monoisotopic (exact) mass is 975 g/mol. The van der Waals surface area contributed by atoms with Crippen molar-refractivity contribution in [3.05, 3.63) is 146 Å². The minimum Gasteiger partial charge on any atom is -0.756 e. The molecule has 1 amide bonds. The van der Waals surface area contributed by atoms with Gasteiger partial charge in [0.15, 0.2) is 0 Å². The quantitative estimate of drug-likeness (QED) is 0.0272. The van der Waals surface area contributed by atoms with E-state index in [9.17, 15) is 19.4 Å². The van der Waals surface area contributed by atoms with Gasteiger partial charge in [0.2, 0.25) is 5.91 Å². The summed E-state index contributed by atoms with van der Waals surface area (Å²) in [4.78, 5) is 25.4. The summed E-state index contributed by atoms with van der Waals surface area (Å²) in [5.41, 5.74) is 0. The standard InChI is InChI=1S/C60H99N2O6P/c1-6-8-10-12-14-16-18-20-22-23-24-25-26-27-28-29-30-31-32-33-34-35-36-37-38-39-40-42-44-46-48-50-52-54-60(64)61-58(57-68-69(65,66)67-56-55-62(3,4)5)59(63)53-51-49-47-45-43-41-21-19-17-15-13-11-9-7-2/h8,10,14,16,20,22,24-25,27-28,30-31,33-34,36-37,39-40,43-46,51,53,58-59,63H,6-7,9,11-13,15,17-19,21,23,26,29,32,35,38,41-42,47-50,52,54-57H2,1-5H3,(H-,61,64,65,66)/b10-8-,16-14-,22-20-,25-24-,28-27-,31-30-,34-33-,37-36-,40-39-,45-43+,46-44-,53-51+. The van der Waals surface area contributed by atoms with Gasteiger partial charge in [0.25, 0.3) is 7.82 Å². The average Bonchev–Trinajstić information content (AvgIpc) is 3.31. The van der Waals surface area contributed by atoms with E-state index in [0.29, 0.717) is 17.4 Å². The van der Waals surface area contributed by atoms with Gasteiger partial charge in [0, 0.05) is 6.42 Å². The zero-order chi connectivity index (χ0) is 50.6. The van der Waals surface area contributed by atoms with Crippen molar-refractivity contribution < 1.29 is 32.9 Å². The van der Waals surface area contributed by atoms with Crippen molar-refractivity contribution in [3.8, 4) is 0 Å². The summed E-state index contributed by atoms with van der Waals surface area (Å²) in [5, 5.41) is 13.8. The summed E-state index contributed by atoms with van der Waals surface area (Å²) in [6.07, 6.45) is 76.4. The summed E-state index contributed by atoms with van der Waals surface area (Å²) >= 11 is 0. The first-order chi connectivity index (χ1) is 33.5. The topological polar surface area (TPSA) is 108 Å². The smallest absolute Gasteiger partial charge is 0.268 e. The summed E-state index contributed by atoms with van der Waals surface area (Å²) in [6, 6.07) is -0.937. The highest BCUT2D eigenvalue weighted by Gasteiger charge is 2.23. The van der Waals surface area contributed by atoms with Crippen LogP contribution in [0, 0.1) is 0 Å². The van der Waals surface area contributed by atoms with Crippen molar-refractivity contribution in [1.29, 1.82) is 0 Å². The molecule has 3 unspecified atom stereocenters. The molecule has 0 spiro atoms. The maximum Gasteiger partial charge on any atom is 0.268 e. The summed E-state index contributed by atoms with van der Waals surface area (Å²) < 4.78 is 23.2. The molecule has 2 N–H and O–H groups in total. The first-order valence-corrected chi connectivity index (χ1v) is 28.2. The number of allylic oxidation sites excluding steroid dienone is 23. The Morgan fingerprint density at radius 2 is 0.899 bits per heavy atom. The van der Waals surface area contributed by atoms with Gasteiger partial charge in [-0.1, -0.05) is 205 Å². The van der Waals surface area contributed by atoms with Crippen molar-refractivity contribution in [1.82, 2.24) is 5.32 Å². The first kappa shape index (κ1) is 65.4. The average molecular weight is 975 g/mol. The van der Waals surface area contributed by atoms with Crippen molar-refractivity contribution >= 4 is 13.7 Å². The molecule has 390 valence electrons. The van der Waals surface area contributed by atoms with Gasteiger partial charge in [-0.15, -0.1) is 0 Å². The van der Waals surface area contributed by atoms with Crippen LogP contribution in [0.1, 0.15) is 174 Å². The van der Waals surface area contributed by atoms with E-state index in [0.717, 1.165) is 96.3 Å². The Morgan fingerprint density at radius 1 is 0.522 bits per heavy atom. The number of rotatable bonds is 46. The van der Waals surface area contributed by atoms with Crippen LogP contribution < -0.4 is 10.2 Å². The van der Waals surface area contributed by atoms with Crippen LogP contribution in [0.25, 0.3) is 0 Å². The predicted octanol–water partition coefficient (Wildman–Crippen LogP) is 15.5. The molecule has 0 bridgehead atoms. The van der Waals surface area contributed by atoms with Gasteiger partial charge < -0.3 is 28.8 Å². The van der Waals surface area contributed by atoms with Crippen LogP contribution in [0.5, 0.6) is 0 Å². The van der Waals surface area contributed by atoms with Crippen molar-refractivity contribution in [2.24, 2.45) is 0 Å². The van der Waals surface area contributed by atoms with Gasteiger partial charge in [0.05, 0.1) is 39.9 Å². The molecule has 0 aliphatic carbocycles. The Bertz CT molecular complexity index is 1620. The van der Waals surface area contributed by atoms with Crippen LogP contribution in [0.4, 0.5) is 0 Å². The lowest BCUT2D eigenvalue weighted by atomic mass is 10.1. The predicted molar refractivity (Wildman–Crippen MR) is 297 cm³/mol. The molecule has 9 heteroatoms. The van der Waals surface area contributed by atoms with E-state index in [1.807, 2.05) is 27.2 Å². The van der Waals surface area contributed by atoms with Gasteiger partial charge in [-0.05, 0) is 109 Å². The Balaban J connectivity index is 4.38. The lowest BCUT2D eigenvalue weighted by Gasteiger charge is -2.29. The summed E-state index contributed by atoms with van der Waals surface area (Å²) in [5.74, 6) is -0.257. The lowest BCUT2D eigenvalue weighted by molar-refractivity contribution is -0.870. The number of aliphatic hydroxyl groups is 1. The number of carbonyl (C=O) groups excluding carboxylic acids is 1. The van der Waals surface area contributed by atoms with E-state index in [1.165, 1.54) is 51.4 Å². The van der Waals surface area contributed by atoms with Crippen LogP contribution in [0.15, 0.2) is 146 Å². The fraction of sp³-hybridized carbons (Fsp3) is 0.583. The maximum atomic E-state index is 12.9. The molecule has 0 aromatic heterocycles. The third kappa shape index (κ3) is 52.0. The van der Waals surface area contributed by atoms with Crippen LogP contribution in [0.2, 0.25) is 0 Å². The highest BCUT2D eigenvalue weighted by atomic mass is 31.2. The van der Waals surface area contributed by atoms with Crippen LogP contribution in [0.3, 0.4) is 0 Å². The molecule has 3 atom stereocenters. The fourth-order valence-electron chi connectivity index (χ4n) is 6.61. The van der Waals surface area contributed by atoms with Crippen LogP contribution in [-0.4, -0.2) is 68.5 Å². The highest BCUT2D eigenvalue weighted by molar-refractivity contribution is 7.45. The van der Waals surface area contributed by atoms with Gasteiger partial charge in [-0.3, -0.25) is 9.36 Å². The second-order valence-electron chi connectivity index (χ2n) is 18.5. The largest absolute Gasteiger partial charge is 0.756 e. The molecule has 8 nitrogen and oxygen atoms in total. The number of quaternary nitrogens is 1. The van der Waals surface area contributed by atoms with E-state index < -0.39 is 26.6 Å². The summed E-state index contributed by atoms with van der Waals surface area (Å²) in [6.45, 7) is 4.44. The molecular weight excluding hydrogens is 876 g/mol. The number of amides is 1. The number of likely N-dealkylation sites (N-methyl/N-ethyl adjacent to an activating group) is 1. The molecule has 69 heavy (non-hydrogen) atoms. The third-order valence-electron chi connectivity index (χ3n) is 10.8. The number of aliphatic hydroxyl groups excluding tert-OH is 1. The Labute approximate surface area is 423 Å². The fourth-order valence-corrected chi connectivity index (χ4v) is 7.33. The second-order valence-corrected chi connectivity index (χ2v) is 19.9. The van der Waals surface area contributed by atoms with Crippen molar-refractivity contribution in [3.63, 3.8) is 0 Å². The number of nitrogens with zero attached hydrogens (tertiary/aromatic N) is 1. The van der Waals surface area contributed by atoms with Gasteiger partial charge in [0.1, 0.15) is 13.2 Å². The first-order valence-electron chi connectivity index (χ1n) is 26.7. The van der Waals surface area contributed by atoms with Crippen molar-refractivity contribution in [2.75, 3.05) is 40.9 Å². The second kappa shape index (κ2) is 49.4. The Morgan fingerprint density at radius 3 is 1.35 bits per heavy atom. The van der Waals surface area contributed by atoms with Gasteiger partial charge in [-0.2, -0.15) is 0 Å². The van der Waals surface area contributed by atoms with E-state index in [2.05, 4.69) is 153 Å². The minimum atomic E-state index is -4.62. The lowest BCUT2D eigenvalue weighted by Crippen LogP contribution is -2.45. The van der Waals surface area contributed by atoms with E-state index in [1.54, 1.807) is 6.08 Å². The molecule has 0 radical (unpaired) electrons. The third-order valence-corrected chi connectivity index (χ3v) is 11.7. The number of hydrogen-bond acceptors (Lipinski definition) is 6. The Kier molecular flexibility index (Phi) is 46.8. The SMILES string of the molecule is CC/C=C\C/C=C\C/C=C\C/C=C\C/C=C\C/C=C\C/C=C\C/C=C\C/C=C\C/C=C\CCCCC(=O)NC(COP(=O)([O-])OCC[N+](C)(C)C)C(O)/C=C/CC/C=C/CCCCCCCCCC. The molecule has 0 aromatic rings. The number of unbranched alkanes of at least 4 members (excludes halogenated alkanes) is 11. The number of phosphoric acid groups is 1. The molecule has 0 aliphatic rings. The zero-order valence-electron chi connectivity index (χ0n) is 44.2. The summed E-state index contributed by atoms with van der Waals surface area (Å²) in [7, 11) is 1.19. The number of hydrogen-bond donors (Lipinski definition) is 2. The van der Waals surface area contributed by atoms with Gasteiger partial charge >= 0.3 is 0 Å². The highest BCUT2D eigenvalue weighted by Crippen LogP contribution is 2.38. The van der Waals surface area contributed by atoms with E-state index in [-0.39, 0.29) is 18.9 Å². The molecule has 0 aliphatic heterocycles. The molecule has 0 aromatic carbocycles. The normalized spacial score (nSPS) is 15.2. The van der Waals surface area contributed by atoms with E-state index in [4.69, 9.17) is 9.05 Å². The molecule has 0 heterocycles. The van der Waals surface area contributed by atoms with E-state index >= 15 is 0 Å². The molecule has 0 saturated heterocycles. The number of nitrogens with one attached hydrogen (secondary N) is 1. The maximum absolute atomic E-state index is 12.9. The number of phosphoric ester groups is 1. The van der Waals surface area contributed by atoms with Crippen LogP contribution in [-0.2, 0) is 18.4 Å². The minimum absolute atomic E-state index is 0.0237. The molecular formula is C60H99N2O6P. The number of carbonyl (C=O) groups is 1. The molecule has 0 fully saturated rings. The van der Waals surface area contributed by atoms with Crippen LogP contribution >= 0.6 is 7.82 Å². The molecule has 0 rings (SSSR count). The van der Waals surface area contributed by atoms with Crippen molar-refractivity contribution in [2.45, 2.75) is 187 Å². The zero-order valence-corrected chi connectivity index (χ0v) is 45.1. The Hall–Kier alpha value is -3.62.